The molecule has 2 aromatic rings. The average Bonchev–Trinajstić information content (AvgIpc) is 2.97. The minimum atomic E-state index is -4.54. The fourth-order valence-corrected chi connectivity index (χ4v) is 2.23. The third-order valence-corrected chi connectivity index (χ3v) is 3.63. The number of methoxy groups -OCH3 is 1. The molecule has 1 aromatic carbocycles. The molecule has 24 heavy (non-hydrogen) atoms. The Morgan fingerprint density at radius 1 is 1.42 bits per heavy atom. The van der Waals surface area contributed by atoms with E-state index in [1.54, 1.807) is 24.2 Å². The summed E-state index contributed by atoms with van der Waals surface area (Å²) in [5, 5.41) is 2.50. The van der Waals surface area contributed by atoms with E-state index in [0.717, 1.165) is 18.2 Å². The third-order valence-electron chi connectivity index (χ3n) is 3.30. The molecule has 2 rings (SSSR count). The van der Waals surface area contributed by atoms with E-state index in [-0.39, 0.29) is 17.1 Å². The van der Waals surface area contributed by atoms with Crippen molar-refractivity contribution >= 4 is 17.5 Å². The molecule has 0 unspecified atom stereocenters. The van der Waals surface area contributed by atoms with Crippen LogP contribution in [0.4, 0.5) is 13.2 Å². The van der Waals surface area contributed by atoms with Gasteiger partial charge in [0, 0.05) is 19.9 Å². The number of nitrogens with zero attached hydrogens (tertiary/aromatic N) is 2. The van der Waals surface area contributed by atoms with Crippen LogP contribution in [0.2, 0.25) is 5.02 Å². The van der Waals surface area contributed by atoms with Gasteiger partial charge in [0.1, 0.15) is 0 Å². The third kappa shape index (κ3) is 4.48. The fourth-order valence-electron chi connectivity index (χ4n) is 2.03. The van der Waals surface area contributed by atoms with E-state index in [1.807, 2.05) is 0 Å². The number of nitrogens with one attached hydrogen (secondary N) is 1. The van der Waals surface area contributed by atoms with E-state index in [2.05, 4.69) is 10.3 Å². The Kier molecular flexibility index (Phi) is 5.84. The van der Waals surface area contributed by atoms with Crippen LogP contribution in [0.15, 0.2) is 30.7 Å². The Labute approximate surface area is 141 Å². The van der Waals surface area contributed by atoms with Gasteiger partial charge in [-0.15, -0.1) is 0 Å². The van der Waals surface area contributed by atoms with Crippen molar-refractivity contribution in [3.05, 3.63) is 52.6 Å². The predicted octanol–water partition coefficient (Wildman–Crippen LogP) is 3.13. The van der Waals surface area contributed by atoms with Gasteiger partial charge in [0.25, 0.3) is 5.91 Å². The van der Waals surface area contributed by atoms with Gasteiger partial charge in [0.15, 0.2) is 0 Å². The molecule has 130 valence electrons. The lowest BCUT2D eigenvalue weighted by atomic mass is 10.1. The number of aromatic nitrogens is 2. The maximum atomic E-state index is 12.7. The average molecular weight is 362 g/mol. The fraction of sp³-hybridized carbons (Fsp3) is 0.333. The molecule has 0 fully saturated rings. The standard InChI is InChI=1S/C15H15ClF3N3O2/c1-24-5-4-22-9-20-7-11(22)8-21-14(23)12-6-10(15(17,18)19)2-3-13(12)16/h2-3,6-7,9H,4-5,8H2,1H3,(H,21,23). The summed E-state index contributed by atoms with van der Waals surface area (Å²) in [6.45, 7) is 1.12. The van der Waals surface area contributed by atoms with Gasteiger partial charge in [0.2, 0.25) is 0 Å². The van der Waals surface area contributed by atoms with E-state index in [0.29, 0.717) is 18.8 Å². The van der Waals surface area contributed by atoms with Crippen LogP contribution in [-0.2, 0) is 24.0 Å². The van der Waals surface area contributed by atoms with Crippen LogP contribution >= 0.6 is 11.6 Å². The molecule has 0 radical (unpaired) electrons. The molecule has 1 heterocycles. The van der Waals surface area contributed by atoms with Crippen molar-refractivity contribution in [1.29, 1.82) is 0 Å². The minimum Gasteiger partial charge on any atom is -0.383 e. The van der Waals surface area contributed by atoms with E-state index < -0.39 is 17.6 Å². The highest BCUT2D eigenvalue weighted by atomic mass is 35.5. The highest BCUT2D eigenvalue weighted by Crippen LogP contribution is 2.31. The number of halogens is 4. The van der Waals surface area contributed by atoms with Crippen LogP contribution < -0.4 is 5.32 Å². The maximum Gasteiger partial charge on any atom is 0.416 e. The number of alkyl halides is 3. The molecule has 0 spiro atoms. The summed E-state index contributed by atoms with van der Waals surface area (Å²) >= 11 is 5.84. The van der Waals surface area contributed by atoms with Gasteiger partial charge in [-0.2, -0.15) is 13.2 Å². The molecule has 1 aromatic heterocycles. The molecule has 0 bridgehead atoms. The number of rotatable bonds is 6. The molecule has 0 aliphatic rings. The normalized spacial score (nSPS) is 11.5. The second-order valence-electron chi connectivity index (χ2n) is 4.95. The number of hydrogen-bond acceptors (Lipinski definition) is 3. The zero-order chi connectivity index (χ0) is 17.7. The summed E-state index contributed by atoms with van der Waals surface area (Å²) < 4.78 is 45.0. The molecular weight excluding hydrogens is 347 g/mol. The molecule has 1 N–H and O–H groups in total. The highest BCUT2D eigenvalue weighted by Gasteiger charge is 2.31. The van der Waals surface area contributed by atoms with Crippen LogP contribution in [0, 0.1) is 0 Å². The summed E-state index contributed by atoms with van der Waals surface area (Å²) in [7, 11) is 1.56. The molecule has 9 heteroatoms. The molecule has 0 saturated carbocycles. The van der Waals surface area contributed by atoms with Crippen molar-refractivity contribution in [2.24, 2.45) is 0 Å². The van der Waals surface area contributed by atoms with Crippen molar-refractivity contribution < 1.29 is 22.7 Å². The van der Waals surface area contributed by atoms with Gasteiger partial charge in [-0.1, -0.05) is 11.6 Å². The van der Waals surface area contributed by atoms with Crippen molar-refractivity contribution in [2.75, 3.05) is 13.7 Å². The number of amides is 1. The first-order valence-electron chi connectivity index (χ1n) is 6.96. The minimum absolute atomic E-state index is 0.0478. The second-order valence-corrected chi connectivity index (χ2v) is 5.35. The maximum absolute atomic E-state index is 12.7. The predicted molar refractivity (Wildman–Crippen MR) is 81.7 cm³/mol. The first-order valence-corrected chi connectivity index (χ1v) is 7.33. The lowest BCUT2D eigenvalue weighted by molar-refractivity contribution is -0.137. The van der Waals surface area contributed by atoms with E-state index >= 15 is 0 Å². The summed E-state index contributed by atoms with van der Waals surface area (Å²) in [5.74, 6) is -0.689. The van der Waals surface area contributed by atoms with Crippen LogP contribution in [0.3, 0.4) is 0 Å². The Balaban J connectivity index is 2.09. The summed E-state index contributed by atoms with van der Waals surface area (Å²) in [6.07, 6.45) is -1.40. The van der Waals surface area contributed by atoms with E-state index in [9.17, 15) is 18.0 Å². The Morgan fingerprint density at radius 2 is 2.17 bits per heavy atom. The van der Waals surface area contributed by atoms with Gasteiger partial charge in [-0.05, 0) is 18.2 Å². The number of benzene rings is 1. The number of imidazole rings is 1. The number of hydrogen-bond donors (Lipinski definition) is 1. The molecule has 0 atom stereocenters. The number of carbonyl (C=O) groups excluding carboxylic acids is 1. The molecule has 0 aliphatic carbocycles. The van der Waals surface area contributed by atoms with E-state index in [1.165, 1.54) is 0 Å². The Morgan fingerprint density at radius 3 is 2.83 bits per heavy atom. The lowest BCUT2D eigenvalue weighted by Crippen LogP contribution is -2.25. The zero-order valence-corrected chi connectivity index (χ0v) is 13.5. The topological polar surface area (TPSA) is 56.1 Å². The van der Waals surface area contributed by atoms with Crippen molar-refractivity contribution in [2.45, 2.75) is 19.3 Å². The zero-order valence-electron chi connectivity index (χ0n) is 12.7. The SMILES string of the molecule is COCCn1cncc1CNC(=O)c1cc(C(F)(F)F)ccc1Cl. The van der Waals surface area contributed by atoms with Gasteiger partial charge in [-0.25, -0.2) is 4.98 Å². The summed E-state index contributed by atoms with van der Waals surface area (Å²) in [5.41, 5.74) is -0.458. The monoisotopic (exact) mass is 361 g/mol. The molecule has 0 aliphatic heterocycles. The van der Waals surface area contributed by atoms with Crippen LogP contribution in [0.5, 0.6) is 0 Å². The Hall–Kier alpha value is -2.06. The van der Waals surface area contributed by atoms with Gasteiger partial charge < -0.3 is 14.6 Å². The highest BCUT2D eigenvalue weighted by molar-refractivity contribution is 6.33. The van der Waals surface area contributed by atoms with E-state index in [4.69, 9.17) is 16.3 Å². The Bertz CT molecular complexity index is 716. The smallest absolute Gasteiger partial charge is 0.383 e. The largest absolute Gasteiger partial charge is 0.416 e. The van der Waals surface area contributed by atoms with Gasteiger partial charge in [0.05, 0.1) is 41.3 Å². The quantitative estimate of drug-likeness (QED) is 0.860. The summed E-state index contributed by atoms with van der Waals surface area (Å²) in [6, 6.07) is 2.63. The van der Waals surface area contributed by atoms with Crippen molar-refractivity contribution in [3.63, 3.8) is 0 Å². The van der Waals surface area contributed by atoms with Crippen molar-refractivity contribution in [3.8, 4) is 0 Å². The van der Waals surface area contributed by atoms with Crippen molar-refractivity contribution in [1.82, 2.24) is 14.9 Å². The van der Waals surface area contributed by atoms with Crippen LogP contribution in [0.25, 0.3) is 0 Å². The van der Waals surface area contributed by atoms with Gasteiger partial charge >= 0.3 is 6.18 Å². The molecule has 0 saturated heterocycles. The molecular formula is C15H15ClF3N3O2. The number of carbonyl (C=O) groups is 1. The molecule has 5 nitrogen and oxygen atoms in total. The second kappa shape index (κ2) is 7.67. The van der Waals surface area contributed by atoms with Crippen LogP contribution in [0.1, 0.15) is 21.6 Å². The lowest BCUT2D eigenvalue weighted by Gasteiger charge is -2.12. The molecule has 1 amide bonds. The summed E-state index contributed by atoms with van der Waals surface area (Å²) in [4.78, 5) is 16.1. The van der Waals surface area contributed by atoms with Crippen LogP contribution in [-0.4, -0.2) is 29.2 Å². The first-order chi connectivity index (χ1) is 11.3. The van der Waals surface area contributed by atoms with Gasteiger partial charge in [-0.3, -0.25) is 4.79 Å². The first kappa shape index (κ1) is 18.3. The number of ether oxygens (including phenoxy) is 1.